The molecule has 1 amide bonds. The minimum atomic E-state index is -5.31. The molecular formula is C18H14N4Na3O10S3+. The summed E-state index contributed by atoms with van der Waals surface area (Å²) < 4.78 is 93.0. The van der Waals surface area contributed by atoms with Gasteiger partial charge >= 0.3 is 88.7 Å². The summed E-state index contributed by atoms with van der Waals surface area (Å²) in [4.78, 5) is 9.17. The van der Waals surface area contributed by atoms with Gasteiger partial charge < -0.3 is 19.5 Å². The Labute approximate surface area is 283 Å². The van der Waals surface area contributed by atoms with Crippen molar-refractivity contribution in [2.24, 2.45) is 15.4 Å². The zero-order valence-corrected chi connectivity index (χ0v) is 28.8. The molecule has 0 aliphatic heterocycles. The Hall–Kier alpha value is -0.480. The van der Waals surface area contributed by atoms with Crippen LogP contribution in [-0.2, 0) is 35.1 Å². The molecule has 0 saturated carbocycles. The van der Waals surface area contributed by atoms with Crippen LogP contribution in [0.15, 0.2) is 67.4 Å². The first-order valence-electron chi connectivity index (χ1n) is 9.06. The van der Waals surface area contributed by atoms with Gasteiger partial charge in [0.05, 0.1) is 26.1 Å². The number of phenols is 1. The number of benzene rings is 3. The first kappa shape index (κ1) is 37.5. The molecule has 14 nitrogen and oxygen atoms in total. The van der Waals surface area contributed by atoms with Crippen molar-refractivity contribution in [2.75, 3.05) is 5.32 Å². The number of anilines is 1. The summed E-state index contributed by atoms with van der Waals surface area (Å²) in [6, 6.07) is 6.74. The summed E-state index contributed by atoms with van der Waals surface area (Å²) in [6.45, 7) is 1.03. The first-order valence-corrected chi connectivity index (χ1v) is 13.4. The number of azo groups is 1. The number of nitrogens with one attached hydrogen (secondary N) is 1. The molecule has 3 rings (SSSR count). The minimum absolute atomic E-state index is 0. The predicted octanol–water partition coefficient (Wildman–Crippen LogP) is -7.61. The number of hydrogen-bond donors (Lipinski definition) is 3. The molecule has 0 aliphatic carbocycles. The van der Waals surface area contributed by atoms with E-state index < -0.39 is 63.1 Å². The van der Waals surface area contributed by atoms with Crippen molar-refractivity contribution >= 4 is 64.0 Å². The third-order valence-corrected chi connectivity index (χ3v) is 7.09. The second-order valence-electron chi connectivity index (χ2n) is 6.97. The Morgan fingerprint density at radius 3 is 1.82 bits per heavy atom. The average Bonchev–Trinajstić information content (AvgIpc) is 2.70. The molecule has 0 radical (unpaired) electrons. The van der Waals surface area contributed by atoms with Gasteiger partial charge in [-0.2, -0.15) is 5.11 Å². The van der Waals surface area contributed by atoms with Crippen molar-refractivity contribution in [3.63, 3.8) is 0 Å². The third kappa shape index (κ3) is 9.02. The molecule has 4 N–H and O–H groups in total. The number of nitrogens with zero attached hydrogens (tertiary/aromatic N) is 2. The van der Waals surface area contributed by atoms with Crippen molar-refractivity contribution in [2.45, 2.75) is 21.6 Å². The molecule has 20 heteroatoms. The summed E-state index contributed by atoms with van der Waals surface area (Å²) in [7, 11) is -14.5. The molecule has 0 fully saturated rings. The van der Waals surface area contributed by atoms with Gasteiger partial charge in [0.25, 0.3) is 0 Å². The SMILES string of the molecule is CC(=O)Nc1cc2c(O)c(N=Nc3ccc(S(N)(=O)=O)cc3)c(S(=O)(=O)[O-])cc2cc1S(=O)(=O)[O-].[Na+].[Na+].[Na+]. The van der Waals surface area contributed by atoms with Crippen LogP contribution >= 0.6 is 0 Å². The minimum Gasteiger partial charge on any atom is -0.744 e. The van der Waals surface area contributed by atoms with E-state index in [4.69, 9.17) is 5.14 Å². The summed E-state index contributed by atoms with van der Waals surface area (Å²) in [5, 5.41) is 24.5. The van der Waals surface area contributed by atoms with Crippen molar-refractivity contribution in [1.29, 1.82) is 0 Å². The van der Waals surface area contributed by atoms with Gasteiger partial charge in [0.2, 0.25) is 15.9 Å². The molecular weight excluding hydrogens is 597 g/mol. The topological polar surface area (TPSA) is 249 Å². The Morgan fingerprint density at radius 2 is 1.37 bits per heavy atom. The molecule has 0 spiro atoms. The maximum Gasteiger partial charge on any atom is 1.00 e. The normalized spacial score (nSPS) is 11.8. The Bertz CT molecular complexity index is 1730. The average molecular weight is 611 g/mol. The van der Waals surface area contributed by atoms with Crippen molar-refractivity contribution in [1.82, 2.24) is 0 Å². The number of fused-ring (bicyclic) bond motifs is 1. The molecule has 0 aliphatic rings. The van der Waals surface area contributed by atoms with Crippen LogP contribution in [0.5, 0.6) is 5.75 Å². The van der Waals surface area contributed by atoms with Crippen molar-refractivity contribution in [3.8, 4) is 5.75 Å². The van der Waals surface area contributed by atoms with Gasteiger partial charge in [0.1, 0.15) is 25.9 Å². The first-order chi connectivity index (χ1) is 16.0. The number of nitrogens with two attached hydrogens (primary N) is 1. The number of carbonyl (C=O) groups excluding carboxylic acids is 1. The summed E-state index contributed by atoms with van der Waals surface area (Å²) in [5.74, 6) is -1.68. The fourth-order valence-electron chi connectivity index (χ4n) is 2.97. The van der Waals surface area contributed by atoms with Gasteiger partial charge in [-0.3, -0.25) is 4.79 Å². The van der Waals surface area contributed by atoms with E-state index in [1.165, 1.54) is 0 Å². The maximum absolute atomic E-state index is 11.8. The van der Waals surface area contributed by atoms with Crippen LogP contribution in [0.3, 0.4) is 0 Å². The molecule has 0 saturated heterocycles. The molecule has 3 aromatic carbocycles. The number of sulfonamides is 1. The molecule has 3 aromatic rings. The Balaban J connectivity index is 0.00000456. The number of primary sulfonamides is 1. The van der Waals surface area contributed by atoms with Crippen molar-refractivity contribution < 1.29 is 133 Å². The Morgan fingerprint density at radius 1 is 0.868 bits per heavy atom. The van der Waals surface area contributed by atoms with Gasteiger partial charge in [-0.1, -0.05) is 0 Å². The molecule has 0 atom stereocenters. The van der Waals surface area contributed by atoms with E-state index in [-0.39, 0.29) is 110 Å². The number of rotatable bonds is 6. The van der Waals surface area contributed by atoms with E-state index in [1.807, 2.05) is 0 Å². The van der Waals surface area contributed by atoms with E-state index in [2.05, 4.69) is 15.5 Å². The quantitative estimate of drug-likeness (QED) is 0.135. The fourth-order valence-corrected chi connectivity index (χ4v) is 4.78. The van der Waals surface area contributed by atoms with Gasteiger partial charge in [0, 0.05) is 12.3 Å². The molecule has 0 unspecified atom stereocenters. The number of aromatic hydroxyl groups is 1. The van der Waals surface area contributed by atoms with Crippen LogP contribution in [0, 0.1) is 0 Å². The maximum atomic E-state index is 11.8. The number of amides is 1. The number of hydrogen-bond acceptors (Lipinski definition) is 12. The fraction of sp³-hybridized carbons (Fsp3) is 0.0556. The molecule has 0 bridgehead atoms. The number of phenolic OH excluding ortho intramolecular Hbond substituents is 1. The van der Waals surface area contributed by atoms with Crippen LogP contribution < -0.4 is 99.1 Å². The molecule has 38 heavy (non-hydrogen) atoms. The Kier molecular flexibility index (Phi) is 13.8. The van der Waals surface area contributed by atoms with Crippen LogP contribution in [0.25, 0.3) is 10.8 Å². The second-order valence-corrected chi connectivity index (χ2v) is 11.2. The smallest absolute Gasteiger partial charge is 0.744 e. The standard InChI is InChI=1S/C18H16N4O10S3.3Na/c1-9(23)20-14-8-13-10(6-15(14)34(27,28)29)7-16(35(30,31)32)17(18(13)24)22-21-11-2-4-12(5-3-11)33(19,25)26;;;/h2-8,24H,1H3,(H,20,23)(H2,19,25,26)(H,27,28,29)(H,30,31,32);;;/q;3*+1/p-2. The zero-order valence-electron chi connectivity index (χ0n) is 20.4. The third-order valence-electron chi connectivity index (χ3n) is 4.43. The van der Waals surface area contributed by atoms with Gasteiger partial charge in [-0.15, -0.1) is 5.11 Å². The second kappa shape index (κ2) is 13.9. The van der Waals surface area contributed by atoms with Crippen molar-refractivity contribution in [3.05, 3.63) is 42.5 Å². The van der Waals surface area contributed by atoms with Crippen LogP contribution in [0.1, 0.15) is 6.92 Å². The predicted molar refractivity (Wildman–Crippen MR) is 118 cm³/mol. The van der Waals surface area contributed by atoms with Gasteiger partial charge in [-0.25, -0.2) is 30.4 Å². The molecule has 0 heterocycles. The van der Waals surface area contributed by atoms with Crippen LogP contribution in [-0.4, -0.2) is 45.4 Å². The van der Waals surface area contributed by atoms with E-state index >= 15 is 0 Å². The summed E-state index contributed by atoms with van der Waals surface area (Å²) in [6.07, 6.45) is 0. The van der Waals surface area contributed by atoms with Gasteiger partial charge in [-0.05, 0) is 47.9 Å². The molecule has 0 aromatic heterocycles. The monoisotopic (exact) mass is 611 g/mol. The van der Waals surface area contributed by atoms with Crippen LogP contribution in [0.2, 0.25) is 0 Å². The van der Waals surface area contributed by atoms with E-state index in [9.17, 15) is 44.3 Å². The van der Waals surface area contributed by atoms with E-state index in [1.54, 1.807) is 0 Å². The summed E-state index contributed by atoms with van der Waals surface area (Å²) >= 11 is 0. The zero-order chi connectivity index (χ0) is 26.3. The van der Waals surface area contributed by atoms with E-state index in [0.29, 0.717) is 12.1 Å². The largest absolute Gasteiger partial charge is 1.00 e. The van der Waals surface area contributed by atoms with Crippen LogP contribution in [0.4, 0.5) is 17.1 Å². The summed E-state index contributed by atoms with van der Waals surface area (Å²) in [5.41, 5.74) is -1.35. The van der Waals surface area contributed by atoms with Gasteiger partial charge in [0.15, 0.2) is 5.75 Å². The number of carbonyl (C=O) groups is 1. The molecule has 186 valence electrons. The van der Waals surface area contributed by atoms with E-state index in [0.717, 1.165) is 37.3 Å².